The quantitative estimate of drug-likeness (QED) is 0.307. The number of benzene rings is 3. The molecule has 2 amide bonds. The minimum Gasteiger partial charge on any atom is -0.343 e. The summed E-state index contributed by atoms with van der Waals surface area (Å²) in [4.78, 5) is 25.0. The highest BCUT2D eigenvalue weighted by atomic mass is 32.2. The minimum absolute atomic E-state index is 0.00695. The van der Waals surface area contributed by atoms with E-state index >= 15 is 0 Å². The molecule has 0 unspecified atom stereocenters. The normalized spacial score (nSPS) is 11.6. The Morgan fingerprint density at radius 2 is 1.73 bits per heavy atom. The number of rotatable bonds is 9. The summed E-state index contributed by atoms with van der Waals surface area (Å²) in [5.74, 6) is -0.200. The molecule has 0 aliphatic heterocycles. The Kier molecular flexibility index (Phi) is 7.78. The van der Waals surface area contributed by atoms with Gasteiger partial charge in [-0.05, 0) is 72.9 Å². The molecule has 0 saturated heterocycles. The second-order valence-corrected chi connectivity index (χ2v) is 11.2. The number of anilines is 1. The molecule has 0 bridgehead atoms. The first-order chi connectivity index (χ1) is 17.6. The molecular formula is C29H31N3O4S. The third kappa shape index (κ3) is 6.46. The topological polar surface area (TPSA) is 97.3 Å². The van der Waals surface area contributed by atoms with Crippen molar-refractivity contribution in [1.82, 2.24) is 9.29 Å². The second-order valence-electron chi connectivity index (χ2n) is 9.60. The van der Waals surface area contributed by atoms with Gasteiger partial charge in [-0.25, -0.2) is 13.1 Å². The van der Waals surface area contributed by atoms with Crippen molar-refractivity contribution in [2.45, 2.75) is 45.1 Å². The molecule has 0 atom stereocenters. The maximum atomic E-state index is 12.8. The summed E-state index contributed by atoms with van der Waals surface area (Å²) < 4.78 is 29.6. The van der Waals surface area contributed by atoms with Crippen molar-refractivity contribution in [2.75, 3.05) is 5.32 Å². The average molecular weight is 518 g/mol. The van der Waals surface area contributed by atoms with Crippen molar-refractivity contribution in [3.63, 3.8) is 0 Å². The van der Waals surface area contributed by atoms with Gasteiger partial charge < -0.3 is 9.88 Å². The number of aromatic nitrogens is 1. The van der Waals surface area contributed by atoms with Gasteiger partial charge in [0.15, 0.2) is 0 Å². The Morgan fingerprint density at radius 1 is 0.946 bits per heavy atom. The van der Waals surface area contributed by atoms with Crippen LogP contribution < -0.4 is 10.0 Å². The lowest BCUT2D eigenvalue weighted by atomic mass is 10.1. The average Bonchev–Trinajstić information content (AvgIpc) is 3.24. The summed E-state index contributed by atoms with van der Waals surface area (Å²) in [6.45, 7) is 6.45. The fraction of sp³-hybridized carbons (Fsp3) is 0.241. The van der Waals surface area contributed by atoms with Crippen LogP contribution in [-0.2, 0) is 21.4 Å². The molecule has 1 aromatic heterocycles. The smallest absolute Gasteiger partial charge is 0.265 e. The molecule has 1 heterocycles. The van der Waals surface area contributed by atoms with Crippen molar-refractivity contribution in [2.24, 2.45) is 5.92 Å². The zero-order chi connectivity index (χ0) is 26.6. The number of fused-ring (bicyclic) bond motifs is 1. The van der Waals surface area contributed by atoms with Crippen LogP contribution in [0.25, 0.3) is 10.9 Å². The molecule has 3 aromatic carbocycles. The number of amides is 2. The van der Waals surface area contributed by atoms with Crippen LogP contribution in [-0.4, -0.2) is 24.8 Å². The summed E-state index contributed by atoms with van der Waals surface area (Å²) >= 11 is 0. The van der Waals surface area contributed by atoms with E-state index in [1.807, 2.05) is 47.2 Å². The highest BCUT2D eigenvalue weighted by Crippen LogP contribution is 2.21. The molecule has 0 spiro atoms. The lowest BCUT2D eigenvalue weighted by Crippen LogP contribution is -2.31. The van der Waals surface area contributed by atoms with Gasteiger partial charge in [0.2, 0.25) is 5.91 Å². The molecule has 37 heavy (non-hydrogen) atoms. The number of sulfonamides is 1. The minimum atomic E-state index is -3.98. The van der Waals surface area contributed by atoms with Crippen molar-refractivity contribution < 1.29 is 18.0 Å². The van der Waals surface area contributed by atoms with Crippen molar-refractivity contribution in [3.8, 4) is 0 Å². The monoisotopic (exact) mass is 517 g/mol. The molecule has 0 aliphatic carbocycles. The van der Waals surface area contributed by atoms with Crippen molar-refractivity contribution in [1.29, 1.82) is 0 Å². The van der Waals surface area contributed by atoms with E-state index in [0.717, 1.165) is 28.6 Å². The van der Waals surface area contributed by atoms with E-state index in [0.29, 0.717) is 24.4 Å². The first-order valence-electron chi connectivity index (χ1n) is 12.2. The third-order valence-electron chi connectivity index (χ3n) is 6.16. The van der Waals surface area contributed by atoms with Gasteiger partial charge >= 0.3 is 0 Å². The number of nitrogens with zero attached hydrogens (tertiary/aromatic N) is 1. The molecule has 0 fully saturated rings. The van der Waals surface area contributed by atoms with Crippen LogP contribution in [0.2, 0.25) is 0 Å². The van der Waals surface area contributed by atoms with Gasteiger partial charge in [0.25, 0.3) is 15.9 Å². The number of hydrogen-bond acceptors (Lipinski definition) is 4. The van der Waals surface area contributed by atoms with Crippen LogP contribution in [0.1, 0.15) is 48.2 Å². The molecule has 4 rings (SSSR count). The molecule has 192 valence electrons. The number of carbonyl (C=O) groups is 2. The van der Waals surface area contributed by atoms with E-state index in [9.17, 15) is 18.0 Å². The van der Waals surface area contributed by atoms with Gasteiger partial charge in [-0.2, -0.15) is 0 Å². The summed E-state index contributed by atoms with van der Waals surface area (Å²) in [6, 6.07) is 21.3. The Hall–Kier alpha value is -3.91. The Balaban J connectivity index is 1.47. The van der Waals surface area contributed by atoms with Crippen LogP contribution in [0.4, 0.5) is 5.69 Å². The van der Waals surface area contributed by atoms with E-state index in [1.165, 1.54) is 6.07 Å². The maximum absolute atomic E-state index is 12.8. The van der Waals surface area contributed by atoms with Gasteiger partial charge in [0.1, 0.15) is 0 Å². The summed E-state index contributed by atoms with van der Waals surface area (Å²) in [5.41, 5.74) is 3.51. The molecular weight excluding hydrogens is 486 g/mol. The lowest BCUT2D eigenvalue weighted by Gasteiger charge is -2.11. The number of hydrogen-bond donors (Lipinski definition) is 2. The standard InChI is InChI=1S/C29H31N3O4S/c1-20(2)11-14-28(33)30-25-9-6-8-22(17-25)19-32-16-15-23-18-24(12-13-26(23)32)29(34)31-37(35,36)27-10-5-4-7-21(27)3/h4-10,12-13,15-18,20H,11,14,19H2,1-3H3,(H,30,33)(H,31,34). The summed E-state index contributed by atoms with van der Waals surface area (Å²) in [6.07, 6.45) is 3.26. The van der Waals surface area contributed by atoms with Crippen LogP contribution in [0, 0.1) is 12.8 Å². The highest BCUT2D eigenvalue weighted by molar-refractivity contribution is 7.90. The first-order valence-corrected chi connectivity index (χ1v) is 13.7. The van der Waals surface area contributed by atoms with E-state index in [4.69, 9.17) is 0 Å². The lowest BCUT2D eigenvalue weighted by molar-refractivity contribution is -0.116. The summed E-state index contributed by atoms with van der Waals surface area (Å²) in [7, 11) is -3.98. The molecule has 8 heteroatoms. The van der Waals surface area contributed by atoms with Crippen LogP contribution in [0.5, 0.6) is 0 Å². The fourth-order valence-corrected chi connectivity index (χ4v) is 5.38. The van der Waals surface area contributed by atoms with Gasteiger partial charge in [0.05, 0.1) is 4.90 Å². The maximum Gasteiger partial charge on any atom is 0.265 e. The van der Waals surface area contributed by atoms with Gasteiger partial charge in [0, 0.05) is 41.3 Å². The third-order valence-corrected chi connectivity index (χ3v) is 7.65. The Morgan fingerprint density at radius 3 is 2.49 bits per heavy atom. The SMILES string of the molecule is Cc1ccccc1S(=O)(=O)NC(=O)c1ccc2c(ccn2Cc2cccc(NC(=O)CCC(C)C)c2)c1. The van der Waals surface area contributed by atoms with Crippen LogP contribution in [0.15, 0.2) is 83.9 Å². The van der Waals surface area contributed by atoms with E-state index in [-0.39, 0.29) is 16.4 Å². The molecule has 2 N–H and O–H groups in total. The van der Waals surface area contributed by atoms with Gasteiger partial charge in [-0.15, -0.1) is 0 Å². The second kappa shape index (κ2) is 11.0. The zero-order valence-corrected chi connectivity index (χ0v) is 22.0. The molecule has 4 aromatic rings. The first kappa shape index (κ1) is 26.2. The molecule has 0 saturated carbocycles. The van der Waals surface area contributed by atoms with Gasteiger partial charge in [-0.3, -0.25) is 9.59 Å². The molecule has 0 aliphatic rings. The Bertz CT molecular complexity index is 1550. The number of aryl methyl sites for hydroxylation is 1. The largest absolute Gasteiger partial charge is 0.343 e. The highest BCUT2D eigenvalue weighted by Gasteiger charge is 2.20. The number of nitrogens with one attached hydrogen (secondary N) is 2. The summed E-state index contributed by atoms with van der Waals surface area (Å²) in [5, 5.41) is 3.79. The van der Waals surface area contributed by atoms with E-state index < -0.39 is 15.9 Å². The van der Waals surface area contributed by atoms with E-state index in [1.54, 1.807) is 37.3 Å². The van der Waals surface area contributed by atoms with E-state index in [2.05, 4.69) is 23.9 Å². The number of carbonyl (C=O) groups excluding carboxylic acids is 2. The zero-order valence-electron chi connectivity index (χ0n) is 21.2. The van der Waals surface area contributed by atoms with Crippen molar-refractivity contribution >= 4 is 38.4 Å². The van der Waals surface area contributed by atoms with Crippen molar-refractivity contribution in [3.05, 3.63) is 95.7 Å². The predicted molar refractivity (Wildman–Crippen MR) is 146 cm³/mol. The predicted octanol–water partition coefficient (Wildman–Crippen LogP) is 5.49. The fourth-order valence-electron chi connectivity index (χ4n) is 4.16. The molecule has 7 nitrogen and oxygen atoms in total. The molecule has 0 radical (unpaired) electrons. The van der Waals surface area contributed by atoms with Crippen LogP contribution >= 0.6 is 0 Å². The van der Waals surface area contributed by atoms with Gasteiger partial charge in [-0.1, -0.05) is 44.2 Å². The van der Waals surface area contributed by atoms with Crippen LogP contribution in [0.3, 0.4) is 0 Å². The Labute approximate surface area is 217 Å².